The van der Waals surface area contributed by atoms with E-state index in [0.29, 0.717) is 23.7 Å². The molecule has 19 heavy (non-hydrogen) atoms. The van der Waals surface area contributed by atoms with Crippen LogP contribution in [0.5, 0.6) is 5.75 Å². The van der Waals surface area contributed by atoms with Crippen molar-refractivity contribution in [2.75, 3.05) is 6.54 Å². The summed E-state index contributed by atoms with van der Waals surface area (Å²) in [6, 6.07) is 3.39. The van der Waals surface area contributed by atoms with Crippen LogP contribution >= 0.6 is 11.6 Å². The summed E-state index contributed by atoms with van der Waals surface area (Å²) in [7, 11) is 0. The van der Waals surface area contributed by atoms with E-state index in [0.717, 1.165) is 29.5 Å². The van der Waals surface area contributed by atoms with Crippen molar-refractivity contribution in [1.82, 2.24) is 0 Å². The molecule has 0 unspecified atom stereocenters. The standard InChI is InChI=1S/C15H21ClN2O/c1-3-4-12(18)8-11(5-6-17)13-9-14(16)15(19)7-10(13)2/h7-9,18-19H,3-6,17H2,1-2H3. The van der Waals surface area contributed by atoms with Crippen molar-refractivity contribution in [2.45, 2.75) is 33.1 Å². The first-order valence-electron chi connectivity index (χ1n) is 6.47. The van der Waals surface area contributed by atoms with Crippen LogP contribution in [-0.2, 0) is 0 Å². The molecule has 0 aliphatic rings. The third-order valence-corrected chi connectivity index (χ3v) is 3.22. The largest absolute Gasteiger partial charge is 0.506 e. The third-order valence-electron chi connectivity index (χ3n) is 2.92. The number of rotatable bonds is 6. The van der Waals surface area contributed by atoms with Crippen LogP contribution in [0.25, 0.3) is 5.57 Å². The Morgan fingerprint density at radius 2 is 2.11 bits per heavy atom. The van der Waals surface area contributed by atoms with Crippen LogP contribution in [0.2, 0.25) is 5.02 Å². The maximum Gasteiger partial charge on any atom is 0.134 e. The van der Waals surface area contributed by atoms with Gasteiger partial charge in [0.05, 0.1) is 5.02 Å². The van der Waals surface area contributed by atoms with Crippen molar-refractivity contribution in [1.29, 1.82) is 5.41 Å². The molecule has 4 heteroatoms. The van der Waals surface area contributed by atoms with Crippen LogP contribution in [0.3, 0.4) is 0 Å². The highest BCUT2D eigenvalue weighted by Crippen LogP contribution is 2.31. The summed E-state index contributed by atoms with van der Waals surface area (Å²) in [5, 5.41) is 17.8. The molecule has 0 saturated heterocycles. The maximum absolute atomic E-state index is 9.58. The first-order chi connectivity index (χ1) is 8.99. The molecule has 3 nitrogen and oxygen atoms in total. The van der Waals surface area contributed by atoms with Gasteiger partial charge >= 0.3 is 0 Å². The van der Waals surface area contributed by atoms with E-state index in [1.807, 2.05) is 19.9 Å². The lowest BCUT2D eigenvalue weighted by molar-refractivity contribution is 0.475. The zero-order chi connectivity index (χ0) is 14.4. The molecular formula is C15H21ClN2O. The number of hydrogen-bond donors (Lipinski definition) is 3. The summed E-state index contributed by atoms with van der Waals surface area (Å²) < 4.78 is 0. The molecule has 0 bridgehead atoms. The second kappa shape index (κ2) is 7.31. The Balaban J connectivity index is 3.19. The number of phenolic OH excluding ortho intramolecular Hbond substituents is 1. The first-order valence-corrected chi connectivity index (χ1v) is 6.85. The summed E-state index contributed by atoms with van der Waals surface area (Å²) in [6.45, 7) is 4.48. The number of allylic oxidation sites excluding steroid dienone is 1. The van der Waals surface area contributed by atoms with E-state index in [1.165, 1.54) is 0 Å². The minimum atomic E-state index is 0.0821. The average Bonchev–Trinajstić information content (AvgIpc) is 2.33. The summed E-state index contributed by atoms with van der Waals surface area (Å²) in [5.74, 6) is 0.0821. The summed E-state index contributed by atoms with van der Waals surface area (Å²) in [4.78, 5) is 0. The van der Waals surface area contributed by atoms with Gasteiger partial charge in [0, 0.05) is 5.71 Å². The Hall–Kier alpha value is -1.32. The normalized spacial score (nSPS) is 11.7. The van der Waals surface area contributed by atoms with Crippen molar-refractivity contribution in [3.63, 3.8) is 0 Å². The SMILES string of the molecule is CCCC(=N)C=C(CCN)c1cc(Cl)c(O)cc1C. The molecule has 0 amide bonds. The maximum atomic E-state index is 9.58. The molecule has 1 rings (SSSR count). The van der Waals surface area contributed by atoms with E-state index in [1.54, 1.807) is 12.1 Å². The van der Waals surface area contributed by atoms with Gasteiger partial charge in [-0.25, -0.2) is 0 Å². The minimum absolute atomic E-state index is 0.0821. The van der Waals surface area contributed by atoms with Crippen molar-refractivity contribution < 1.29 is 5.11 Å². The highest BCUT2D eigenvalue weighted by Gasteiger charge is 2.09. The molecule has 0 heterocycles. The number of nitrogens with one attached hydrogen (secondary N) is 1. The van der Waals surface area contributed by atoms with E-state index in [4.69, 9.17) is 22.7 Å². The number of benzene rings is 1. The Morgan fingerprint density at radius 1 is 1.42 bits per heavy atom. The predicted octanol–water partition coefficient (Wildman–Crippen LogP) is 3.91. The number of halogens is 1. The van der Waals surface area contributed by atoms with Gasteiger partial charge in [-0.2, -0.15) is 0 Å². The number of hydrogen-bond acceptors (Lipinski definition) is 3. The Labute approximate surface area is 119 Å². The van der Waals surface area contributed by atoms with E-state index in [9.17, 15) is 5.11 Å². The minimum Gasteiger partial charge on any atom is -0.506 e. The fourth-order valence-corrected chi connectivity index (χ4v) is 2.17. The second-order valence-corrected chi connectivity index (χ2v) is 5.01. The monoisotopic (exact) mass is 280 g/mol. The quantitative estimate of drug-likeness (QED) is 0.692. The molecule has 4 N–H and O–H groups in total. The number of nitrogens with two attached hydrogens (primary N) is 1. The van der Waals surface area contributed by atoms with Gasteiger partial charge in [0.25, 0.3) is 0 Å². The van der Waals surface area contributed by atoms with Gasteiger partial charge in [0.15, 0.2) is 0 Å². The third kappa shape index (κ3) is 4.37. The Kier molecular flexibility index (Phi) is 6.06. The van der Waals surface area contributed by atoms with Gasteiger partial charge in [-0.3, -0.25) is 0 Å². The van der Waals surface area contributed by atoms with Gasteiger partial charge in [0.1, 0.15) is 5.75 Å². The smallest absolute Gasteiger partial charge is 0.134 e. The molecule has 0 radical (unpaired) electrons. The zero-order valence-electron chi connectivity index (χ0n) is 11.5. The fraction of sp³-hybridized carbons (Fsp3) is 0.400. The molecule has 104 valence electrons. The van der Waals surface area contributed by atoms with Crippen LogP contribution in [0.4, 0.5) is 0 Å². The fourth-order valence-electron chi connectivity index (χ4n) is 2.00. The van der Waals surface area contributed by atoms with Gasteiger partial charge in [-0.05, 0) is 61.2 Å². The van der Waals surface area contributed by atoms with Crippen molar-refractivity contribution in [3.8, 4) is 5.75 Å². The summed E-state index contributed by atoms with van der Waals surface area (Å²) in [5.41, 5.74) is 9.12. The van der Waals surface area contributed by atoms with Crippen LogP contribution in [0, 0.1) is 12.3 Å². The van der Waals surface area contributed by atoms with Crippen molar-refractivity contribution in [3.05, 3.63) is 34.4 Å². The van der Waals surface area contributed by atoms with Gasteiger partial charge in [0.2, 0.25) is 0 Å². The molecule has 1 aromatic rings. The second-order valence-electron chi connectivity index (χ2n) is 4.60. The van der Waals surface area contributed by atoms with Crippen LogP contribution in [-0.4, -0.2) is 17.4 Å². The van der Waals surface area contributed by atoms with Gasteiger partial charge in [-0.15, -0.1) is 0 Å². The Bertz CT molecular complexity index is 495. The molecule has 0 aliphatic carbocycles. The van der Waals surface area contributed by atoms with E-state index < -0.39 is 0 Å². The lowest BCUT2D eigenvalue weighted by atomic mass is 9.96. The molecule has 0 atom stereocenters. The lowest BCUT2D eigenvalue weighted by Gasteiger charge is -2.12. The molecule has 0 fully saturated rings. The topological polar surface area (TPSA) is 70.1 Å². The molecule has 0 spiro atoms. The van der Waals surface area contributed by atoms with Crippen molar-refractivity contribution in [2.24, 2.45) is 5.73 Å². The van der Waals surface area contributed by atoms with E-state index >= 15 is 0 Å². The van der Waals surface area contributed by atoms with Crippen molar-refractivity contribution >= 4 is 22.9 Å². The number of phenols is 1. The number of aromatic hydroxyl groups is 1. The van der Waals surface area contributed by atoms with Crippen LogP contribution in [0.1, 0.15) is 37.3 Å². The number of aryl methyl sites for hydroxylation is 1. The summed E-state index contributed by atoms with van der Waals surface area (Å²) in [6.07, 6.45) is 4.25. The van der Waals surface area contributed by atoms with Crippen LogP contribution < -0.4 is 5.73 Å². The van der Waals surface area contributed by atoms with Crippen LogP contribution in [0.15, 0.2) is 18.2 Å². The zero-order valence-corrected chi connectivity index (χ0v) is 12.2. The molecular weight excluding hydrogens is 260 g/mol. The predicted molar refractivity (Wildman–Crippen MR) is 82.1 cm³/mol. The Morgan fingerprint density at radius 3 is 2.68 bits per heavy atom. The first kappa shape index (κ1) is 15.7. The van der Waals surface area contributed by atoms with E-state index in [-0.39, 0.29) is 5.75 Å². The van der Waals surface area contributed by atoms with Gasteiger partial charge < -0.3 is 16.2 Å². The molecule has 1 aromatic carbocycles. The molecule has 0 aliphatic heterocycles. The van der Waals surface area contributed by atoms with E-state index in [2.05, 4.69) is 0 Å². The van der Waals surface area contributed by atoms with Gasteiger partial charge in [-0.1, -0.05) is 24.9 Å². The lowest BCUT2D eigenvalue weighted by Crippen LogP contribution is -2.03. The highest BCUT2D eigenvalue weighted by molar-refractivity contribution is 6.32. The average molecular weight is 281 g/mol. The summed E-state index contributed by atoms with van der Waals surface area (Å²) >= 11 is 5.97. The highest BCUT2D eigenvalue weighted by atomic mass is 35.5. The molecule has 0 saturated carbocycles. The molecule has 0 aromatic heterocycles.